The molecule has 0 bridgehead atoms. The first-order valence-corrected chi connectivity index (χ1v) is 11.7. The fourth-order valence-electron chi connectivity index (χ4n) is 6.97. The number of hydrogen-bond acceptors (Lipinski definition) is 0. The SMILES string of the molecule is CCCC1(C2CCC(C3CCC(CC)CC3)CC2)CCC(C)CC1. The third-order valence-electron chi connectivity index (χ3n) is 8.79. The van der Waals surface area contributed by atoms with Gasteiger partial charge in [0.1, 0.15) is 0 Å². The zero-order valence-electron chi connectivity index (χ0n) is 17.0. The largest absolute Gasteiger partial charge is 0.0654 e. The van der Waals surface area contributed by atoms with E-state index in [-0.39, 0.29) is 0 Å². The Hall–Kier alpha value is 0. The van der Waals surface area contributed by atoms with Crippen LogP contribution >= 0.6 is 0 Å². The van der Waals surface area contributed by atoms with Crippen molar-refractivity contribution in [3.05, 3.63) is 0 Å². The molecule has 3 fully saturated rings. The second-order valence-electron chi connectivity index (χ2n) is 10.1. The van der Waals surface area contributed by atoms with E-state index in [0.29, 0.717) is 0 Å². The summed E-state index contributed by atoms with van der Waals surface area (Å²) in [5.41, 5.74) is 0.756. The molecule has 140 valence electrons. The van der Waals surface area contributed by atoms with Gasteiger partial charge in [-0.2, -0.15) is 0 Å². The molecule has 0 aromatic heterocycles. The van der Waals surface area contributed by atoms with E-state index in [2.05, 4.69) is 20.8 Å². The van der Waals surface area contributed by atoms with E-state index in [9.17, 15) is 0 Å². The van der Waals surface area contributed by atoms with Gasteiger partial charge in [0.05, 0.1) is 0 Å². The van der Waals surface area contributed by atoms with Crippen LogP contribution in [0.15, 0.2) is 0 Å². The molecule has 0 nitrogen and oxygen atoms in total. The van der Waals surface area contributed by atoms with Gasteiger partial charge in [-0.15, -0.1) is 0 Å². The monoisotopic (exact) mass is 332 g/mol. The van der Waals surface area contributed by atoms with Gasteiger partial charge < -0.3 is 0 Å². The fourth-order valence-corrected chi connectivity index (χ4v) is 6.97. The maximum absolute atomic E-state index is 2.49. The Bertz CT molecular complexity index is 346. The molecule has 3 aliphatic carbocycles. The summed E-state index contributed by atoms with van der Waals surface area (Å²) >= 11 is 0. The van der Waals surface area contributed by atoms with Gasteiger partial charge in [0.2, 0.25) is 0 Å². The van der Waals surface area contributed by atoms with E-state index < -0.39 is 0 Å². The highest BCUT2D eigenvalue weighted by atomic mass is 14.5. The smallest absolute Gasteiger partial charge is 0.0269 e. The van der Waals surface area contributed by atoms with Crippen LogP contribution in [0.5, 0.6) is 0 Å². The maximum atomic E-state index is 2.49. The van der Waals surface area contributed by atoms with Gasteiger partial charge in [-0.05, 0) is 92.8 Å². The van der Waals surface area contributed by atoms with Crippen LogP contribution in [-0.2, 0) is 0 Å². The number of hydrogen-bond donors (Lipinski definition) is 0. The molecule has 0 saturated heterocycles. The van der Waals surface area contributed by atoms with Gasteiger partial charge in [0, 0.05) is 0 Å². The molecular weight excluding hydrogens is 288 g/mol. The Morgan fingerprint density at radius 1 is 0.708 bits per heavy atom. The number of rotatable bonds is 5. The minimum atomic E-state index is 0.756. The predicted molar refractivity (Wildman–Crippen MR) is 106 cm³/mol. The minimum absolute atomic E-state index is 0.756. The Morgan fingerprint density at radius 3 is 1.75 bits per heavy atom. The molecule has 0 spiro atoms. The summed E-state index contributed by atoms with van der Waals surface area (Å²) < 4.78 is 0. The summed E-state index contributed by atoms with van der Waals surface area (Å²) in [6.45, 7) is 7.31. The standard InChI is InChI=1S/C24H44/c1-4-16-24(17-14-19(3)15-18-24)23-12-10-22(11-13-23)21-8-6-20(5-2)7-9-21/h19-23H,4-18H2,1-3H3. The van der Waals surface area contributed by atoms with Crippen molar-refractivity contribution < 1.29 is 0 Å². The van der Waals surface area contributed by atoms with Crippen molar-refractivity contribution >= 4 is 0 Å². The Balaban J connectivity index is 1.52. The summed E-state index contributed by atoms with van der Waals surface area (Å²) in [5, 5.41) is 0. The molecule has 0 amide bonds. The lowest BCUT2D eigenvalue weighted by Crippen LogP contribution is -2.38. The van der Waals surface area contributed by atoms with Crippen LogP contribution < -0.4 is 0 Å². The third-order valence-corrected chi connectivity index (χ3v) is 8.79. The predicted octanol–water partition coefficient (Wildman–Crippen LogP) is 8.01. The molecule has 0 atom stereocenters. The lowest BCUT2D eigenvalue weighted by atomic mass is 9.56. The second-order valence-corrected chi connectivity index (χ2v) is 10.1. The van der Waals surface area contributed by atoms with Gasteiger partial charge in [-0.1, -0.05) is 59.3 Å². The van der Waals surface area contributed by atoms with Gasteiger partial charge in [-0.3, -0.25) is 0 Å². The van der Waals surface area contributed by atoms with Crippen LogP contribution in [-0.4, -0.2) is 0 Å². The summed E-state index contributed by atoms with van der Waals surface area (Å²) in [7, 11) is 0. The van der Waals surface area contributed by atoms with Crippen LogP contribution in [0, 0.1) is 35.0 Å². The average Bonchev–Trinajstić information content (AvgIpc) is 2.64. The summed E-state index contributed by atoms with van der Waals surface area (Å²) in [5.74, 6) is 5.34. The lowest BCUT2D eigenvalue weighted by Gasteiger charge is -2.49. The molecule has 0 unspecified atom stereocenters. The molecule has 0 heteroatoms. The van der Waals surface area contributed by atoms with Crippen LogP contribution in [0.3, 0.4) is 0 Å². The van der Waals surface area contributed by atoms with Gasteiger partial charge in [0.25, 0.3) is 0 Å². The Kier molecular flexibility index (Phi) is 6.72. The summed E-state index contributed by atoms with van der Waals surface area (Å²) in [6, 6.07) is 0. The first-order chi connectivity index (χ1) is 11.7. The molecule has 0 radical (unpaired) electrons. The van der Waals surface area contributed by atoms with Crippen molar-refractivity contribution in [1.82, 2.24) is 0 Å². The van der Waals surface area contributed by atoms with E-state index >= 15 is 0 Å². The molecule has 3 aliphatic rings. The normalized spacial score (nSPS) is 44.4. The van der Waals surface area contributed by atoms with Crippen LogP contribution in [0.2, 0.25) is 0 Å². The first-order valence-electron chi connectivity index (χ1n) is 11.7. The van der Waals surface area contributed by atoms with Crippen LogP contribution in [0.1, 0.15) is 117 Å². The minimum Gasteiger partial charge on any atom is -0.0654 e. The highest BCUT2D eigenvalue weighted by molar-refractivity contribution is 4.93. The lowest BCUT2D eigenvalue weighted by molar-refractivity contribution is 0.0208. The van der Waals surface area contributed by atoms with E-state index in [1.165, 1.54) is 32.1 Å². The van der Waals surface area contributed by atoms with Crippen molar-refractivity contribution in [3.63, 3.8) is 0 Å². The molecule has 0 aliphatic heterocycles. The highest BCUT2D eigenvalue weighted by Crippen LogP contribution is 2.54. The van der Waals surface area contributed by atoms with Crippen LogP contribution in [0.4, 0.5) is 0 Å². The zero-order chi connectivity index (χ0) is 17.0. The van der Waals surface area contributed by atoms with Crippen molar-refractivity contribution in [2.75, 3.05) is 0 Å². The molecule has 0 aromatic carbocycles. The third kappa shape index (κ3) is 4.21. The van der Waals surface area contributed by atoms with E-state index in [1.54, 1.807) is 64.2 Å². The molecule has 0 aromatic rings. The molecule has 3 saturated carbocycles. The maximum Gasteiger partial charge on any atom is -0.0269 e. The summed E-state index contributed by atoms with van der Waals surface area (Å²) in [4.78, 5) is 0. The van der Waals surface area contributed by atoms with Gasteiger partial charge >= 0.3 is 0 Å². The first kappa shape index (κ1) is 18.8. The topological polar surface area (TPSA) is 0 Å². The van der Waals surface area contributed by atoms with Crippen molar-refractivity contribution in [2.24, 2.45) is 35.0 Å². The molecule has 3 rings (SSSR count). The Labute approximate surface area is 152 Å². The quantitative estimate of drug-likeness (QED) is 0.478. The van der Waals surface area contributed by atoms with E-state index in [4.69, 9.17) is 0 Å². The molecular formula is C24H44. The highest BCUT2D eigenvalue weighted by Gasteiger charge is 2.42. The second kappa shape index (κ2) is 8.59. The van der Waals surface area contributed by atoms with Gasteiger partial charge in [0.15, 0.2) is 0 Å². The Morgan fingerprint density at radius 2 is 1.25 bits per heavy atom. The zero-order valence-corrected chi connectivity index (χ0v) is 17.0. The van der Waals surface area contributed by atoms with Crippen molar-refractivity contribution in [2.45, 2.75) is 117 Å². The van der Waals surface area contributed by atoms with Crippen LogP contribution in [0.25, 0.3) is 0 Å². The molecule has 0 N–H and O–H groups in total. The van der Waals surface area contributed by atoms with E-state index in [0.717, 1.165) is 35.0 Å². The fraction of sp³-hybridized carbons (Fsp3) is 1.00. The molecule has 24 heavy (non-hydrogen) atoms. The van der Waals surface area contributed by atoms with Gasteiger partial charge in [-0.25, -0.2) is 0 Å². The van der Waals surface area contributed by atoms with E-state index in [1.807, 2.05) is 0 Å². The summed E-state index contributed by atoms with van der Waals surface area (Å²) in [6.07, 6.45) is 23.0. The van der Waals surface area contributed by atoms with Crippen molar-refractivity contribution in [3.8, 4) is 0 Å². The van der Waals surface area contributed by atoms with Crippen molar-refractivity contribution in [1.29, 1.82) is 0 Å². The average molecular weight is 333 g/mol. The molecule has 0 heterocycles.